The van der Waals surface area contributed by atoms with Gasteiger partial charge < -0.3 is 14.6 Å². The molecule has 2 atom stereocenters. The van der Waals surface area contributed by atoms with Crippen LogP contribution in [0.25, 0.3) is 10.9 Å². The van der Waals surface area contributed by atoms with Crippen LogP contribution in [0.15, 0.2) is 66.7 Å². The van der Waals surface area contributed by atoms with Gasteiger partial charge in [0.1, 0.15) is 18.1 Å². The largest absolute Gasteiger partial charge is 0.488 e. The first kappa shape index (κ1) is 23.6. The van der Waals surface area contributed by atoms with E-state index in [2.05, 4.69) is 18.3 Å². The Kier molecular flexibility index (Phi) is 6.24. The van der Waals surface area contributed by atoms with Gasteiger partial charge in [0.2, 0.25) is 0 Å². The van der Waals surface area contributed by atoms with Crippen molar-refractivity contribution in [2.75, 3.05) is 6.61 Å². The fraction of sp³-hybridized carbons (Fsp3) is 0.241. The summed E-state index contributed by atoms with van der Waals surface area (Å²) in [6.07, 6.45) is -0.381. The van der Waals surface area contributed by atoms with E-state index in [0.29, 0.717) is 29.0 Å². The molecule has 0 saturated heterocycles. The number of carboxylic acid groups (broad SMARTS) is 1. The van der Waals surface area contributed by atoms with Crippen LogP contribution in [-0.2, 0) is 11.2 Å². The lowest BCUT2D eigenvalue weighted by Crippen LogP contribution is -2.44. The van der Waals surface area contributed by atoms with E-state index < -0.39 is 5.97 Å². The maximum absolute atomic E-state index is 13.4. The highest BCUT2D eigenvalue weighted by atomic mass is 16.5. The van der Waals surface area contributed by atoms with Crippen LogP contribution in [0.2, 0.25) is 0 Å². The highest BCUT2D eigenvalue weighted by molar-refractivity contribution is 6.04. The lowest BCUT2D eigenvalue weighted by Gasteiger charge is -2.32. The third kappa shape index (κ3) is 4.45. The number of hydrogen-bond donors (Lipinski definition) is 2. The van der Waals surface area contributed by atoms with Crippen molar-refractivity contribution in [3.05, 3.63) is 94.7 Å². The minimum absolute atomic E-state index is 0.0927. The zero-order valence-electron chi connectivity index (χ0n) is 20.4. The number of rotatable bonds is 6. The molecule has 1 aromatic heterocycles. The second kappa shape index (κ2) is 9.51. The molecule has 2 unspecified atom stereocenters. The van der Waals surface area contributed by atoms with Gasteiger partial charge in [0.15, 0.2) is 6.23 Å². The van der Waals surface area contributed by atoms with E-state index in [1.54, 1.807) is 41.0 Å². The van der Waals surface area contributed by atoms with Crippen LogP contribution >= 0.6 is 0 Å². The molecule has 7 heteroatoms. The molecule has 1 aliphatic heterocycles. The molecular formula is C29H28N2O5. The highest BCUT2D eigenvalue weighted by Crippen LogP contribution is 2.33. The van der Waals surface area contributed by atoms with Crippen molar-refractivity contribution in [1.29, 1.82) is 0 Å². The normalized spacial score (nSPS) is 16.9. The molecule has 36 heavy (non-hydrogen) atoms. The average molecular weight is 485 g/mol. The van der Waals surface area contributed by atoms with Crippen molar-refractivity contribution >= 4 is 22.8 Å². The van der Waals surface area contributed by atoms with Crippen molar-refractivity contribution in [1.82, 2.24) is 9.88 Å². The van der Waals surface area contributed by atoms with Crippen LogP contribution < -0.4 is 14.8 Å². The van der Waals surface area contributed by atoms with Crippen LogP contribution in [-0.4, -0.2) is 34.4 Å². The Bertz CT molecular complexity index is 1450. The van der Waals surface area contributed by atoms with E-state index in [-0.39, 0.29) is 24.6 Å². The molecule has 3 aromatic carbocycles. The summed E-state index contributed by atoms with van der Waals surface area (Å²) in [4.78, 5) is 24.6. The summed E-state index contributed by atoms with van der Waals surface area (Å²) in [5, 5.41) is 13.4. The van der Waals surface area contributed by atoms with Gasteiger partial charge in [0, 0.05) is 28.2 Å². The van der Waals surface area contributed by atoms with E-state index in [1.165, 1.54) is 0 Å². The van der Waals surface area contributed by atoms with Gasteiger partial charge in [-0.1, -0.05) is 30.3 Å². The standard InChI is InChI=1S/C29H28N2O5/c1-17-6-4-8-23-19(3)30-26(36-28(17)23)16-35-22-12-10-20(11-13-22)29(34)31-18(2)14-24-21(15-27(32)33)7-5-9-25(24)31/h4-14,19,26,30H,15-16H2,1-3H3,(H,32,33). The SMILES string of the molecule is Cc1cccc2c1OC(COc1ccc(C(=O)n3c(C)cc4c(CC(=O)O)cccc43)cc1)NC2C. The van der Waals surface area contributed by atoms with Crippen molar-refractivity contribution in [2.24, 2.45) is 0 Å². The predicted octanol–water partition coefficient (Wildman–Crippen LogP) is 5.02. The number of nitrogens with zero attached hydrogens (tertiary/aromatic N) is 1. The summed E-state index contributed by atoms with van der Waals surface area (Å²) in [6, 6.07) is 20.6. The molecule has 0 radical (unpaired) electrons. The molecule has 0 amide bonds. The van der Waals surface area contributed by atoms with E-state index in [9.17, 15) is 14.7 Å². The van der Waals surface area contributed by atoms with Crippen LogP contribution in [0.1, 0.15) is 45.7 Å². The maximum Gasteiger partial charge on any atom is 0.307 e. The van der Waals surface area contributed by atoms with E-state index in [1.807, 2.05) is 38.1 Å². The summed E-state index contributed by atoms with van der Waals surface area (Å²) in [7, 11) is 0. The molecule has 0 bridgehead atoms. The highest BCUT2D eigenvalue weighted by Gasteiger charge is 2.26. The molecule has 2 N–H and O–H groups in total. The monoisotopic (exact) mass is 484 g/mol. The molecule has 7 nitrogen and oxygen atoms in total. The summed E-state index contributed by atoms with van der Waals surface area (Å²) in [6.45, 7) is 6.30. The van der Waals surface area contributed by atoms with Crippen LogP contribution in [0.3, 0.4) is 0 Å². The molecule has 0 fully saturated rings. The number of aryl methyl sites for hydroxylation is 2. The molecule has 4 aromatic rings. The Balaban J connectivity index is 1.30. The Morgan fingerprint density at radius 2 is 1.81 bits per heavy atom. The van der Waals surface area contributed by atoms with Gasteiger partial charge in [0.25, 0.3) is 5.91 Å². The molecular weight excluding hydrogens is 456 g/mol. The third-order valence-corrected chi connectivity index (χ3v) is 6.57. The second-order valence-electron chi connectivity index (χ2n) is 9.17. The first-order valence-electron chi connectivity index (χ1n) is 11.9. The maximum atomic E-state index is 13.4. The van der Waals surface area contributed by atoms with Crippen molar-refractivity contribution < 1.29 is 24.2 Å². The van der Waals surface area contributed by atoms with Gasteiger partial charge in [-0.2, -0.15) is 0 Å². The smallest absolute Gasteiger partial charge is 0.307 e. The van der Waals surface area contributed by atoms with Gasteiger partial charge >= 0.3 is 5.97 Å². The number of fused-ring (bicyclic) bond motifs is 2. The zero-order chi connectivity index (χ0) is 25.4. The average Bonchev–Trinajstić information content (AvgIpc) is 3.20. The van der Waals surface area contributed by atoms with Gasteiger partial charge in [-0.3, -0.25) is 19.5 Å². The molecule has 0 aliphatic carbocycles. The lowest BCUT2D eigenvalue weighted by atomic mass is 10.0. The Labute approximate surface area is 209 Å². The summed E-state index contributed by atoms with van der Waals surface area (Å²) < 4.78 is 13.7. The van der Waals surface area contributed by atoms with Gasteiger partial charge in [-0.25, -0.2) is 0 Å². The van der Waals surface area contributed by atoms with Crippen LogP contribution in [0, 0.1) is 13.8 Å². The molecule has 1 aliphatic rings. The minimum atomic E-state index is -0.905. The van der Waals surface area contributed by atoms with Crippen molar-refractivity contribution in [3.8, 4) is 11.5 Å². The number of aliphatic carboxylic acids is 1. The summed E-state index contributed by atoms with van der Waals surface area (Å²) in [5.41, 5.74) is 4.87. The van der Waals surface area contributed by atoms with E-state index in [0.717, 1.165) is 28.0 Å². The Morgan fingerprint density at radius 1 is 1.06 bits per heavy atom. The summed E-state index contributed by atoms with van der Waals surface area (Å²) >= 11 is 0. The quantitative estimate of drug-likeness (QED) is 0.399. The summed E-state index contributed by atoms with van der Waals surface area (Å²) in [5.74, 6) is 0.453. The number of para-hydroxylation sites is 1. The van der Waals surface area contributed by atoms with Crippen LogP contribution in [0.4, 0.5) is 0 Å². The number of carboxylic acids is 1. The predicted molar refractivity (Wildman–Crippen MR) is 137 cm³/mol. The number of carbonyl (C=O) groups is 2. The van der Waals surface area contributed by atoms with Gasteiger partial charge in [0.05, 0.1) is 11.9 Å². The number of hydrogen-bond acceptors (Lipinski definition) is 5. The van der Waals surface area contributed by atoms with Crippen LogP contribution in [0.5, 0.6) is 11.5 Å². The molecule has 5 rings (SSSR count). The van der Waals surface area contributed by atoms with Gasteiger partial charge in [-0.15, -0.1) is 0 Å². The zero-order valence-corrected chi connectivity index (χ0v) is 20.4. The Morgan fingerprint density at radius 3 is 2.56 bits per heavy atom. The topological polar surface area (TPSA) is 89.8 Å². The third-order valence-electron chi connectivity index (χ3n) is 6.57. The minimum Gasteiger partial charge on any atom is -0.488 e. The number of nitrogens with one attached hydrogen (secondary N) is 1. The fourth-order valence-electron chi connectivity index (χ4n) is 4.81. The number of aromatic nitrogens is 1. The van der Waals surface area contributed by atoms with Crippen molar-refractivity contribution in [2.45, 2.75) is 39.5 Å². The lowest BCUT2D eigenvalue weighted by molar-refractivity contribution is -0.136. The van der Waals surface area contributed by atoms with E-state index in [4.69, 9.17) is 9.47 Å². The number of ether oxygens (including phenoxy) is 2. The van der Waals surface area contributed by atoms with Gasteiger partial charge in [-0.05, 0) is 68.3 Å². The molecule has 0 saturated carbocycles. The Hall–Kier alpha value is -4.10. The molecule has 2 heterocycles. The van der Waals surface area contributed by atoms with E-state index >= 15 is 0 Å². The first-order valence-corrected chi connectivity index (χ1v) is 11.9. The van der Waals surface area contributed by atoms with Crippen molar-refractivity contribution in [3.63, 3.8) is 0 Å². The fourth-order valence-corrected chi connectivity index (χ4v) is 4.81. The first-order chi connectivity index (χ1) is 17.3. The molecule has 184 valence electrons. The second-order valence-corrected chi connectivity index (χ2v) is 9.17. The molecule has 0 spiro atoms. The number of benzene rings is 3. The number of carbonyl (C=O) groups excluding carboxylic acids is 1.